The van der Waals surface area contributed by atoms with Crippen molar-refractivity contribution in [1.29, 1.82) is 0 Å². The highest BCUT2D eigenvalue weighted by molar-refractivity contribution is 7.91. The van der Waals surface area contributed by atoms with Gasteiger partial charge in [0.1, 0.15) is 0 Å². The molecule has 1 aliphatic heterocycles. The summed E-state index contributed by atoms with van der Waals surface area (Å²) in [5.41, 5.74) is 8.59. The van der Waals surface area contributed by atoms with Crippen molar-refractivity contribution in [1.82, 2.24) is 4.98 Å². The molecule has 1 aromatic carbocycles. The fourth-order valence-electron chi connectivity index (χ4n) is 2.40. The van der Waals surface area contributed by atoms with Crippen LogP contribution in [0.2, 0.25) is 0 Å². The predicted octanol–water partition coefficient (Wildman–Crippen LogP) is 2.29. The summed E-state index contributed by atoms with van der Waals surface area (Å²) in [6.07, 6.45) is 0.728. The van der Waals surface area contributed by atoms with E-state index < -0.39 is 9.84 Å². The van der Waals surface area contributed by atoms with Gasteiger partial charge in [-0.25, -0.2) is 13.4 Å². The summed E-state index contributed by atoms with van der Waals surface area (Å²) in [5, 5.41) is 2.48. The van der Waals surface area contributed by atoms with Crippen LogP contribution in [0.4, 0.5) is 5.13 Å². The van der Waals surface area contributed by atoms with Crippen LogP contribution in [-0.4, -0.2) is 24.9 Å². The van der Waals surface area contributed by atoms with Gasteiger partial charge in [-0.15, -0.1) is 11.3 Å². The summed E-state index contributed by atoms with van der Waals surface area (Å²) >= 11 is 1.42. The van der Waals surface area contributed by atoms with Crippen LogP contribution in [0.15, 0.2) is 29.6 Å². The van der Waals surface area contributed by atoms with Crippen LogP contribution in [0.25, 0.3) is 11.3 Å². The molecule has 100 valence electrons. The van der Waals surface area contributed by atoms with Gasteiger partial charge in [0.15, 0.2) is 15.0 Å². The van der Waals surface area contributed by atoms with Crippen LogP contribution in [0.1, 0.15) is 17.9 Å². The Labute approximate surface area is 116 Å². The van der Waals surface area contributed by atoms with Crippen molar-refractivity contribution >= 4 is 26.3 Å². The molecule has 0 radical (unpaired) electrons. The van der Waals surface area contributed by atoms with Crippen molar-refractivity contribution in [2.75, 3.05) is 17.2 Å². The molecule has 4 nitrogen and oxygen atoms in total. The lowest BCUT2D eigenvalue weighted by Crippen LogP contribution is -2.03. The minimum atomic E-state index is -2.83. The average molecular weight is 294 g/mol. The smallest absolute Gasteiger partial charge is 0.180 e. The van der Waals surface area contributed by atoms with E-state index in [-0.39, 0.29) is 11.7 Å². The van der Waals surface area contributed by atoms with Crippen molar-refractivity contribution in [3.63, 3.8) is 0 Å². The van der Waals surface area contributed by atoms with Crippen LogP contribution in [0, 0.1) is 0 Å². The molecule has 1 aliphatic rings. The molecule has 1 atom stereocenters. The topological polar surface area (TPSA) is 73.0 Å². The molecule has 0 spiro atoms. The van der Waals surface area contributed by atoms with Gasteiger partial charge in [0, 0.05) is 10.9 Å². The highest BCUT2D eigenvalue weighted by atomic mass is 32.2. The SMILES string of the molecule is Nc1nc(-c2ccc([C@H]3CCS(=O)(=O)C3)cc2)cs1. The zero-order chi connectivity index (χ0) is 13.5. The number of rotatable bonds is 2. The van der Waals surface area contributed by atoms with E-state index in [0.717, 1.165) is 23.2 Å². The molecule has 6 heteroatoms. The van der Waals surface area contributed by atoms with Gasteiger partial charge >= 0.3 is 0 Å². The Kier molecular flexibility index (Phi) is 3.06. The number of nitrogens with zero attached hydrogens (tertiary/aromatic N) is 1. The Morgan fingerprint density at radius 3 is 2.53 bits per heavy atom. The van der Waals surface area contributed by atoms with E-state index in [0.29, 0.717) is 10.9 Å². The van der Waals surface area contributed by atoms with E-state index in [1.54, 1.807) is 0 Å². The largest absolute Gasteiger partial charge is 0.375 e. The van der Waals surface area contributed by atoms with E-state index in [1.807, 2.05) is 29.6 Å². The molecule has 0 saturated carbocycles. The maximum absolute atomic E-state index is 11.5. The third-order valence-electron chi connectivity index (χ3n) is 3.43. The molecule has 0 aliphatic carbocycles. The van der Waals surface area contributed by atoms with Crippen LogP contribution in [0.3, 0.4) is 0 Å². The molecule has 0 amide bonds. The minimum Gasteiger partial charge on any atom is -0.375 e. The van der Waals surface area contributed by atoms with E-state index in [4.69, 9.17) is 5.73 Å². The second-order valence-electron chi connectivity index (χ2n) is 4.79. The normalized spacial score (nSPS) is 21.6. The molecule has 3 rings (SSSR count). The van der Waals surface area contributed by atoms with Gasteiger partial charge in [0.05, 0.1) is 17.2 Å². The van der Waals surface area contributed by atoms with Crippen LogP contribution in [-0.2, 0) is 9.84 Å². The van der Waals surface area contributed by atoms with E-state index >= 15 is 0 Å². The lowest BCUT2D eigenvalue weighted by molar-refractivity contribution is 0.601. The summed E-state index contributed by atoms with van der Waals surface area (Å²) in [5.74, 6) is 0.720. The first-order chi connectivity index (χ1) is 9.03. The standard InChI is InChI=1S/C13H14N2O2S2/c14-13-15-12(7-18-13)10-3-1-9(2-4-10)11-5-6-19(16,17)8-11/h1-4,7,11H,5-6,8H2,(H2,14,15)/t11-/m0/s1. The summed E-state index contributed by atoms with van der Waals surface area (Å²) < 4.78 is 23.0. The van der Waals surface area contributed by atoms with Gasteiger partial charge in [0.25, 0.3) is 0 Å². The van der Waals surface area contributed by atoms with Gasteiger partial charge in [-0.1, -0.05) is 24.3 Å². The number of benzene rings is 1. The van der Waals surface area contributed by atoms with Crippen molar-refractivity contribution in [2.24, 2.45) is 0 Å². The van der Waals surface area contributed by atoms with Crippen LogP contribution >= 0.6 is 11.3 Å². The first-order valence-electron chi connectivity index (χ1n) is 6.05. The van der Waals surface area contributed by atoms with E-state index in [1.165, 1.54) is 11.3 Å². The summed E-state index contributed by atoms with van der Waals surface area (Å²) in [7, 11) is -2.83. The lowest BCUT2D eigenvalue weighted by Gasteiger charge is -2.08. The molecule has 1 aromatic heterocycles. The molecule has 2 N–H and O–H groups in total. The maximum Gasteiger partial charge on any atom is 0.180 e. The Balaban J connectivity index is 1.83. The Bertz CT molecular complexity index is 690. The highest BCUT2D eigenvalue weighted by Gasteiger charge is 2.28. The molecular weight excluding hydrogens is 280 g/mol. The molecule has 0 unspecified atom stereocenters. The Morgan fingerprint density at radius 1 is 1.26 bits per heavy atom. The predicted molar refractivity (Wildman–Crippen MR) is 78.0 cm³/mol. The number of aromatic nitrogens is 1. The maximum atomic E-state index is 11.5. The number of anilines is 1. The second-order valence-corrected chi connectivity index (χ2v) is 7.91. The van der Waals surface area contributed by atoms with Gasteiger partial charge < -0.3 is 5.73 Å². The second kappa shape index (κ2) is 4.61. The van der Waals surface area contributed by atoms with Gasteiger partial charge in [-0.3, -0.25) is 0 Å². The van der Waals surface area contributed by atoms with Gasteiger partial charge in [-0.2, -0.15) is 0 Å². The zero-order valence-corrected chi connectivity index (χ0v) is 11.9. The van der Waals surface area contributed by atoms with Crippen molar-refractivity contribution < 1.29 is 8.42 Å². The van der Waals surface area contributed by atoms with Gasteiger partial charge in [-0.05, 0) is 17.9 Å². The van der Waals surface area contributed by atoms with Crippen molar-refractivity contribution in [2.45, 2.75) is 12.3 Å². The molecule has 2 aromatic rings. The third kappa shape index (κ3) is 2.64. The molecule has 19 heavy (non-hydrogen) atoms. The van der Waals surface area contributed by atoms with Crippen LogP contribution < -0.4 is 5.73 Å². The molecule has 2 heterocycles. The van der Waals surface area contributed by atoms with Crippen molar-refractivity contribution in [3.8, 4) is 11.3 Å². The first-order valence-corrected chi connectivity index (χ1v) is 8.75. The number of hydrogen-bond acceptors (Lipinski definition) is 5. The number of nitrogens with two attached hydrogens (primary N) is 1. The van der Waals surface area contributed by atoms with E-state index in [2.05, 4.69) is 4.98 Å². The monoisotopic (exact) mass is 294 g/mol. The summed E-state index contributed by atoms with van der Waals surface area (Å²) in [4.78, 5) is 4.23. The zero-order valence-electron chi connectivity index (χ0n) is 10.2. The molecule has 0 bridgehead atoms. The number of hydrogen-bond donors (Lipinski definition) is 1. The summed E-state index contributed by atoms with van der Waals surface area (Å²) in [6, 6.07) is 7.95. The Hall–Kier alpha value is -1.40. The lowest BCUT2D eigenvalue weighted by atomic mass is 9.97. The van der Waals surface area contributed by atoms with E-state index in [9.17, 15) is 8.42 Å². The fraction of sp³-hybridized carbons (Fsp3) is 0.308. The molecular formula is C13H14N2O2S2. The third-order valence-corrected chi connectivity index (χ3v) is 5.87. The van der Waals surface area contributed by atoms with Crippen molar-refractivity contribution in [3.05, 3.63) is 35.2 Å². The first kappa shape index (κ1) is 12.6. The minimum absolute atomic E-state index is 0.138. The number of nitrogen functional groups attached to an aromatic ring is 1. The molecule has 1 saturated heterocycles. The summed E-state index contributed by atoms with van der Waals surface area (Å²) in [6.45, 7) is 0. The Morgan fingerprint density at radius 2 is 2.00 bits per heavy atom. The number of thiazole rings is 1. The van der Waals surface area contributed by atoms with Crippen LogP contribution in [0.5, 0.6) is 0 Å². The highest BCUT2D eigenvalue weighted by Crippen LogP contribution is 2.30. The number of sulfone groups is 1. The average Bonchev–Trinajstić information content (AvgIpc) is 2.96. The molecule has 1 fully saturated rings. The van der Waals surface area contributed by atoms with Gasteiger partial charge in [0.2, 0.25) is 0 Å². The quantitative estimate of drug-likeness (QED) is 0.922. The fourth-order valence-corrected chi connectivity index (χ4v) is 4.76.